The molecule has 0 spiro atoms. The van der Waals surface area contributed by atoms with Crippen LogP contribution < -0.4 is 16.7 Å². The summed E-state index contributed by atoms with van der Waals surface area (Å²) in [6.45, 7) is 2.68. The topological polar surface area (TPSA) is 133 Å². The summed E-state index contributed by atoms with van der Waals surface area (Å²) in [5.41, 5.74) is 9.71. The fourth-order valence-electron chi connectivity index (χ4n) is 4.77. The quantitative estimate of drug-likeness (QED) is 0.393. The lowest BCUT2D eigenvalue weighted by Crippen LogP contribution is -2.34. The zero-order chi connectivity index (χ0) is 25.2. The first kappa shape index (κ1) is 23.7. The summed E-state index contributed by atoms with van der Waals surface area (Å²) in [7, 11) is 3.47. The van der Waals surface area contributed by atoms with Crippen LogP contribution in [-0.2, 0) is 4.74 Å². The van der Waals surface area contributed by atoms with Crippen LogP contribution in [0.5, 0.6) is 0 Å². The van der Waals surface area contributed by atoms with Gasteiger partial charge in [0.05, 0.1) is 18.0 Å². The Morgan fingerprint density at radius 2 is 2.19 bits per heavy atom. The highest BCUT2D eigenvalue weighted by Gasteiger charge is 2.29. The van der Waals surface area contributed by atoms with Crippen LogP contribution in [0.4, 0.5) is 5.82 Å². The Kier molecular flexibility index (Phi) is 6.51. The van der Waals surface area contributed by atoms with Crippen LogP contribution in [0.3, 0.4) is 0 Å². The molecular formula is C26H29N7O3. The number of pyridine rings is 2. The van der Waals surface area contributed by atoms with Gasteiger partial charge in [0.2, 0.25) is 0 Å². The van der Waals surface area contributed by atoms with E-state index in [1.807, 2.05) is 18.2 Å². The molecule has 0 aromatic carbocycles. The largest absolute Gasteiger partial charge is 0.450 e. The van der Waals surface area contributed by atoms with E-state index < -0.39 is 0 Å². The van der Waals surface area contributed by atoms with Gasteiger partial charge in [-0.15, -0.1) is 0 Å². The summed E-state index contributed by atoms with van der Waals surface area (Å²) in [5.74, 6) is 0.716. The molecule has 5 heterocycles. The predicted molar refractivity (Wildman–Crippen MR) is 141 cm³/mol. The highest BCUT2D eigenvalue weighted by molar-refractivity contribution is 6.12. The molecule has 0 bridgehead atoms. The van der Waals surface area contributed by atoms with Gasteiger partial charge in [-0.25, -0.2) is 9.78 Å². The number of nitrogens with two attached hydrogens (primary N) is 1. The third kappa shape index (κ3) is 4.13. The lowest BCUT2D eigenvalue weighted by Gasteiger charge is -2.30. The molecule has 1 saturated heterocycles. The van der Waals surface area contributed by atoms with Crippen molar-refractivity contribution in [2.75, 3.05) is 26.0 Å². The van der Waals surface area contributed by atoms with E-state index in [-0.39, 0.29) is 17.8 Å². The number of furan rings is 1. The second-order valence-electron chi connectivity index (χ2n) is 8.73. The first-order chi connectivity index (χ1) is 17.6. The van der Waals surface area contributed by atoms with Gasteiger partial charge in [-0.05, 0) is 37.5 Å². The monoisotopic (exact) mass is 487 g/mol. The summed E-state index contributed by atoms with van der Waals surface area (Å²) in [6, 6.07) is 5.53. The minimum atomic E-state index is -0.331. The predicted octanol–water partition coefficient (Wildman–Crippen LogP) is 3.77. The Hall–Kier alpha value is -4.05. The number of aliphatic imine (C=N–C) groups is 1. The zero-order valence-corrected chi connectivity index (χ0v) is 20.6. The molecule has 186 valence electrons. The first-order valence-electron chi connectivity index (χ1n) is 12.0. The van der Waals surface area contributed by atoms with E-state index in [2.05, 4.69) is 32.2 Å². The number of rotatable bonds is 6. The lowest BCUT2D eigenvalue weighted by atomic mass is 10.0. The average Bonchev–Trinajstić information content (AvgIpc) is 3.30. The minimum Gasteiger partial charge on any atom is -0.450 e. The molecule has 4 aromatic heterocycles. The summed E-state index contributed by atoms with van der Waals surface area (Å²) in [5, 5.41) is 3.77. The Labute approximate surface area is 207 Å². The van der Waals surface area contributed by atoms with E-state index in [0.29, 0.717) is 58.1 Å². The molecular weight excluding hydrogens is 458 g/mol. The fourth-order valence-corrected chi connectivity index (χ4v) is 4.77. The molecule has 36 heavy (non-hydrogen) atoms. The minimum absolute atomic E-state index is 0.0656. The van der Waals surface area contributed by atoms with E-state index in [4.69, 9.17) is 14.9 Å². The van der Waals surface area contributed by atoms with E-state index in [1.54, 1.807) is 37.3 Å². The molecule has 1 fully saturated rings. The van der Waals surface area contributed by atoms with Crippen LogP contribution in [0.15, 0.2) is 51.0 Å². The Bertz CT molecular complexity index is 1520. The van der Waals surface area contributed by atoms with E-state index >= 15 is 0 Å². The molecule has 1 aliphatic rings. The standard InChI is InChI=1S/C26H29N7O3/c1-4-18-9-17(7-8-35-18)33-24-19-10-20(16(11-27)12-28-2)30-14-21(19)36-25(24)23(32-26(33)34)15-5-6-22(29-3)31-13-15/h5-6,10-14,17-18H,4,7-9,27H2,1-3H3,(H,29,31). The number of hydrogen-bond acceptors (Lipinski definition) is 9. The number of nitrogens with one attached hydrogen (secondary N) is 1. The summed E-state index contributed by atoms with van der Waals surface area (Å²) < 4.78 is 14.0. The molecule has 0 saturated carbocycles. The van der Waals surface area contributed by atoms with Crippen molar-refractivity contribution in [2.24, 2.45) is 10.7 Å². The van der Waals surface area contributed by atoms with E-state index in [0.717, 1.165) is 18.2 Å². The lowest BCUT2D eigenvalue weighted by molar-refractivity contribution is -0.00709. The van der Waals surface area contributed by atoms with Crippen molar-refractivity contribution >= 4 is 39.7 Å². The maximum Gasteiger partial charge on any atom is 0.349 e. The van der Waals surface area contributed by atoms with Gasteiger partial charge < -0.3 is 20.2 Å². The van der Waals surface area contributed by atoms with Gasteiger partial charge in [0.1, 0.15) is 17.0 Å². The van der Waals surface area contributed by atoms with Crippen molar-refractivity contribution in [3.05, 3.63) is 53.0 Å². The molecule has 1 aliphatic heterocycles. The van der Waals surface area contributed by atoms with Crippen LogP contribution in [0.25, 0.3) is 38.9 Å². The summed E-state index contributed by atoms with van der Waals surface area (Å²) in [6.07, 6.45) is 8.85. The third-order valence-corrected chi connectivity index (χ3v) is 6.62. The van der Waals surface area contributed by atoms with Crippen LogP contribution in [0, 0.1) is 0 Å². The molecule has 5 rings (SSSR count). The smallest absolute Gasteiger partial charge is 0.349 e. The van der Waals surface area contributed by atoms with Gasteiger partial charge in [0.15, 0.2) is 11.2 Å². The van der Waals surface area contributed by atoms with Gasteiger partial charge >= 0.3 is 5.69 Å². The molecule has 0 radical (unpaired) electrons. The SMILES string of the molecule is CCC1CC(n2c(=O)nc(-c3ccc(NC)nc3)c3oc4cnc(C(C=NC)=CN)cc4c32)CCO1. The fraction of sp³-hybridized carbons (Fsp3) is 0.346. The molecule has 10 heteroatoms. The highest BCUT2D eigenvalue weighted by Crippen LogP contribution is 2.37. The van der Waals surface area contributed by atoms with Gasteiger partial charge in [-0.3, -0.25) is 14.5 Å². The Balaban J connectivity index is 1.81. The van der Waals surface area contributed by atoms with E-state index in [9.17, 15) is 4.79 Å². The van der Waals surface area contributed by atoms with Crippen molar-refractivity contribution in [1.29, 1.82) is 0 Å². The molecule has 3 N–H and O–H groups in total. The second kappa shape index (κ2) is 9.90. The summed E-state index contributed by atoms with van der Waals surface area (Å²) >= 11 is 0. The van der Waals surface area contributed by atoms with Crippen molar-refractivity contribution in [3.8, 4) is 11.3 Å². The molecule has 10 nitrogen and oxygen atoms in total. The zero-order valence-electron chi connectivity index (χ0n) is 20.6. The number of fused-ring (bicyclic) bond motifs is 3. The van der Waals surface area contributed by atoms with Crippen molar-refractivity contribution in [1.82, 2.24) is 19.5 Å². The molecule has 0 amide bonds. The molecule has 4 aromatic rings. The number of anilines is 1. The Morgan fingerprint density at radius 3 is 2.89 bits per heavy atom. The van der Waals surface area contributed by atoms with Crippen LogP contribution in [-0.4, -0.2) is 52.5 Å². The normalized spacial score (nSPS) is 18.9. The van der Waals surface area contributed by atoms with Gasteiger partial charge in [0, 0.05) is 61.9 Å². The summed E-state index contributed by atoms with van der Waals surface area (Å²) in [4.78, 5) is 31.1. The second-order valence-corrected chi connectivity index (χ2v) is 8.73. The highest BCUT2D eigenvalue weighted by atomic mass is 16.5. The van der Waals surface area contributed by atoms with Crippen molar-refractivity contribution in [3.63, 3.8) is 0 Å². The number of ether oxygens (including phenoxy) is 1. The Morgan fingerprint density at radius 1 is 1.33 bits per heavy atom. The van der Waals surface area contributed by atoms with Gasteiger partial charge in [-0.1, -0.05) is 6.92 Å². The van der Waals surface area contributed by atoms with Crippen molar-refractivity contribution in [2.45, 2.75) is 38.3 Å². The van der Waals surface area contributed by atoms with Crippen LogP contribution >= 0.6 is 0 Å². The average molecular weight is 488 g/mol. The van der Waals surface area contributed by atoms with Gasteiger partial charge in [0.25, 0.3) is 0 Å². The maximum absolute atomic E-state index is 13.6. The van der Waals surface area contributed by atoms with Gasteiger partial charge in [-0.2, -0.15) is 4.98 Å². The molecule has 2 unspecified atom stereocenters. The van der Waals surface area contributed by atoms with Crippen LogP contribution in [0.2, 0.25) is 0 Å². The van der Waals surface area contributed by atoms with Crippen molar-refractivity contribution < 1.29 is 9.15 Å². The van der Waals surface area contributed by atoms with E-state index in [1.165, 1.54) is 6.20 Å². The van der Waals surface area contributed by atoms with Crippen LogP contribution in [0.1, 0.15) is 37.9 Å². The first-order valence-corrected chi connectivity index (χ1v) is 12.0. The number of aromatic nitrogens is 4. The molecule has 0 aliphatic carbocycles. The number of allylic oxidation sites excluding steroid dienone is 1. The number of nitrogens with zero attached hydrogens (tertiary/aromatic N) is 5. The third-order valence-electron chi connectivity index (χ3n) is 6.62. The molecule has 2 atom stereocenters. The maximum atomic E-state index is 13.6. The number of hydrogen-bond donors (Lipinski definition) is 2.